The first kappa shape index (κ1) is 3.87. The predicted molar refractivity (Wildman–Crippen MR) is 28.8 cm³/mol. The lowest BCUT2D eigenvalue weighted by Crippen LogP contribution is -1.81. The smallest absolute Gasteiger partial charge is 0.0744 e. The standard InChI is InChI=1S/C5H6Si/c1-2-4-6-5-3-1/h1-4H,5H2. The molecule has 30 valence electrons. The SMILES string of the molecule is C1=CC[Si]C=C1. The quantitative estimate of drug-likeness (QED) is 0.395. The van der Waals surface area contributed by atoms with Crippen LogP contribution in [0.3, 0.4) is 0 Å². The van der Waals surface area contributed by atoms with Crippen LogP contribution in [0.15, 0.2) is 23.9 Å². The summed E-state index contributed by atoms with van der Waals surface area (Å²) in [4.78, 5) is 0. The molecule has 1 rings (SSSR count). The number of hydrogen-bond donors (Lipinski definition) is 0. The van der Waals surface area contributed by atoms with Gasteiger partial charge in [-0.15, -0.1) is 0 Å². The highest BCUT2D eigenvalue weighted by Gasteiger charge is 1.79. The van der Waals surface area contributed by atoms with Crippen LogP contribution >= 0.6 is 0 Å². The van der Waals surface area contributed by atoms with Crippen LogP contribution < -0.4 is 0 Å². The Hall–Kier alpha value is -0.303. The average molecular weight is 94.2 g/mol. The largest absolute Gasteiger partial charge is 0.0985 e. The molecule has 0 nitrogen and oxygen atoms in total. The third kappa shape index (κ3) is 0.828. The summed E-state index contributed by atoms with van der Waals surface area (Å²) < 4.78 is 0. The minimum Gasteiger partial charge on any atom is -0.0985 e. The van der Waals surface area contributed by atoms with Gasteiger partial charge in [-0.25, -0.2) is 0 Å². The van der Waals surface area contributed by atoms with E-state index in [1.807, 2.05) is 0 Å². The number of allylic oxidation sites excluding steroid dienone is 3. The Balaban J connectivity index is 2.46. The van der Waals surface area contributed by atoms with E-state index in [1.54, 1.807) is 0 Å². The van der Waals surface area contributed by atoms with Crippen LogP contribution in [0, 0.1) is 0 Å². The van der Waals surface area contributed by atoms with Crippen LogP contribution in [-0.4, -0.2) is 9.52 Å². The maximum atomic E-state index is 2.21. The summed E-state index contributed by atoms with van der Waals surface area (Å²) in [6.07, 6.45) is 6.39. The highest BCUT2D eigenvalue weighted by molar-refractivity contribution is 6.43. The topological polar surface area (TPSA) is 0 Å². The van der Waals surface area contributed by atoms with Gasteiger partial charge in [0.1, 0.15) is 0 Å². The Bertz CT molecular complexity index is 69.9. The van der Waals surface area contributed by atoms with Crippen molar-refractivity contribution in [1.82, 2.24) is 0 Å². The van der Waals surface area contributed by atoms with Gasteiger partial charge in [-0.1, -0.05) is 23.9 Å². The van der Waals surface area contributed by atoms with Gasteiger partial charge in [0, 0.05) is 0 Å². The van der Waals surface area contributed by atoms with Crippen molar-refractivity contribution in [2.75, 3.05) is 0 Å². The molecule has 0 saturated heterocycles. The molecule has 0 fully saturated rings. The lowest BCUT2D eigenvalue weighted by molar-refractivity contribution is 1.65. The Kier molecular flexibility index (Phi) is 1.28. The zero-order chi connectivity index (χ0) is 4.24. The molecule has 0 aromatic heterocycles. The van der Waals surface area contributed by atoms with Crippen molar-refractivity contribution in [2.24, 2.45) is 0 Å². The Morgan fingerprint density at radius 1 is 1.33 bits per heavy atom. The molecule has 6 heavy (non-hydrogen) atoms. The summed E-state index contributed by atoms with van der Waals surface area (Å²) >= 11 is 0. The molecule has 1 heterocycles. The molecule has 0 aliphatic carbocycles. The number of hydrogen-bond acceptors (Lipinski definition) is 0. The van der Waals surface area contributed by atoms with E-state index in [2.05, 4.69) is 23.9 Å². The fourth-order valence-corrected chi connectivity index (χ4v) is 1.06. The molecule has 2 radical (unpaired) electrons. The third-order valence-electron chi connectivity index (χ3n) is 0.697. The highest BCUT2D eigenvalue weighted by atomic mass is 28.2. The van der Waals surface area contributed by atoms with Gasteiger partial charge in [0.05, 0.1) is 9.52 Å². The number of rotatable bonds is 0. The Labute approximate surface area is 40.4 Å². The molecule has 1 aliphatic heterocycles. The van der Waals surface area contributed by atoms with E-state index in [9.17, 15) is 0 Å². The van der Waals surface area contributed by atoms with Crippen LogP contribution in [0.4, 0.5) is 0 Å². The van der Waals surface area contributed by atoms with Gasteiger partial charge in [-0.2, -0.15) is 0 Å². The van der Waals surface area contributed by atoms with Gasteiger partial charge in [0.25, 0.3) is 0 Å². The van der Waals surface area contributed by atoms with E-state index < -0.39 is 0 Å². The lowest BCUT2D eigenvalue weighted by atomic mass is 10.5. The van der Waals surface area contributed by atoms with Crippen molar-refractivity contribution in [1.29, 1.82) is 0 Å². The van der Waals surface area contributed by atoms with Crippen molar-refractivity contribution in [3.63, 3.8) is 0 Å². The summed E-state index contributed by atoms with van der Waals surface area (Å²) in [5, 5.41) is 0. The summed E-state index contributed by atoms with van der Waals surface area (Å²) in [7, 11) is 1.03. The summed E-state index contributed by atoms with van der Waals surface area (Å²) in [6, 6.07) is 1.26. The maximum Gasteiger partial charge on any atom is 0.0744 e. The Morgan fingerprint density at radius 2 is 2.33 bits per heavy atom. The van der Waals surface area contributed by atoms with Crippen molar-refractivity contribution >= 4 is 9.52 Å². The van der Waals surface area contributed by atoms with E-state index >= 15 is 0 Å². The summed E-state index contributed by atoms with van der Waals surface area (Å²) in [6.45, 7) is 0. The first-order chi connectivity index (χ1) is 3.00. The lowest BCUT2D eigenvalue weighted by Gasteiger charge is -1.86. The van der Waals surface area contributed by atoms with Gasteiger partial charge >= 0.3 is 0 Å². The molecular weight excluding hydrogens is 88.1 g/mol. The molecule has 0 N–H and O–H groups in total. The second kappa shape index (κ2) is 1.98. The monoisotopic (exact) mass is 94.0 g/mol. The van der Waals surface area contributed by atoms with Gasteiger partial charge in [-0.3, -0.25) is 0 Å². The molecule has 0 spiro atoms. The van der Waals surface area contributed by atoms with Crippen LogP contribution in [0.25, 0.3) is 0 Å². The molecular formula is C5H6Si. The fourth-order valence-electron chi connectivity index (χ4n) is 0.406. The van der Waals surface area contributed by atoms with E-state index in [4.69, 9.17) is 0 Å². The molecule has 1 aliphatic rings. The zero-order valence-electron chi connectivity index (χ0n) is 3.52. The van der Waals surface area contributed by atoms with E-state index in [1.165, 1.54) is 6.04 Å². The minimum atomic E-state index is 1.03. The molecule has 0 amide bonds. The maximum absolute atomic E-state index is 2.21. The normalized spacial score (nSPS) is 18.7. The molecule has 1 heteroatoms. The summed E-state index contributed by atoms with van der Waals surface area (Å²) in [5.41, 5.74) is 2.21. The van der Waals surface area contributed by atoms with Crippen LogP contribution in [0.1, 0.15) is 0 Å². The fraction of sp³-hybridized carbons (Fsp3) is 0.200. The first-order valence-electron chi connectivity index (χ1n) is 2.05. The van der Waals surface area contributed by atoms with Crippen molar-refractivity contribution in [3.8, 4) is 0 Å². The van der Waals surface area contributed by atoms with E-state index in [0.717, 1.165) is 9.52 Å². The molecule has 0 aromatic rings. The van der Waals surface area contributed by atoms with Crippen molar-refractivity contribution in [2.45, 2.75) is 6.04 Å². The minimum absolute atomic E-state index is 1.03. The molecule has 0 saturated carbocycles. The average Bonchev–Trinajstić information content (AvgIpc) is 1.72. The van der Waals surface area contributed by atoms with Crippen LogP contribution in [0.2, 0.25) is 6.04 Å². The third-order valence-corrected chi connectivity index (χ3v) is 1.60. The van der Waals surface area contributed by atoms with Crippen LogP contribution in [0.5, 0.6) is 0 Å². The van der Waals surface area contributed by atoms with Gasteiger partial charge in [-0.05, 0) is 6.04 Å². The predicted octanol–water partition coefficient (Wildman–Crippen LogP) is 1.19. The molecule has 0 atom stereocenters. The summed E-state index contributed by atoms with van der Waals surface area (Å²) in [5.74, 6) is 0. The van der Waals surface area contributed by atoms with Crippen molar-refractivity contribution < 1.29 is 0 Å². The van der Waals surface area contributed by atoms with E-state index in [0.29, 0.717) is 0 Å². The molecule has 0 unspecified atom stereocenters. The zero-order valence-corrected chi connectivity index (χ0v) is 4.52. The van der Waals surface area contributed by atoms with E-state index in [-0.39, 0.29) is 0 Å². The van der Waals surface area contributed by atoms with Gasteiger partial charge in [0.2, 0.25) is 0 Å². The highest BCUT2D eigenvalue weighted by Crippen LogP contribution is 1.90. The Morgan fingerprint density at radius 3 is 2.50 bits per heavy atom. The van der Waals surface area contributed by atoms with Crippen LogP contribution in [-0.2, 0) is 0 Å². The molecule has 0 bridgehead atoms. The molecule has 0 aromatic carbocycles. The van der Waals surface area contributed by atoms with Gasteiger partial charge < -0.3 is 0 Å². The van der Waals surface area contributed by atoms with Crippen molar-refractivity contribution in [3.05, 3.63) is 23.9 Å². The first-order valence-corrected chi connectivity index (χ1v) is 3.33. The second-order valence-electron chi connectivity index (χ2n) is 1.20. The second-order valence-corrected chi connectivity index (χ2v) is 2.35. The van der Waals surface area contributed by atoms with Gasteiger partial charge in [0.15, 0.2) is 0 Å².